The zero-order chi connectivity index (χ0) is 30.3. The Hall–Kier alpha value is -3.64. The number of aromatic nitrogens is 2. The van der Waals surface area contributed by atoms with Crippen LogP contribution in [0.2, 0.25) is 0 Å². The summed E-state index contributed by atoms with van der Waals surface area (Å²) in [5.41, 5.74) is 8.73. The van der Waals surface area contributed by atoms with Crippen LogP contribution < -0.4 is 15.2 Å². The first-order valence-corrected chi connectivity index (χ1v) is 16.9. The molecule has 1 aromatic heterocycles. The number of aliphatic carboxylic acids is 1. The summed E-state index contributed by atoms with van der Waals surface area (Å²) in [5, 5.41) is 9.42. The van der Waals surface area contributed by atoms with Gasteiger partial charge in [-0.1, -0.05) is 60.7 Å². The number of benzene rings is 3. The van der Waals surface area contributed by atoms with Gasteiger partial charge >= 0.3 is 12.1 Å². The van der Waals surface area contributed by atoms with Gasteiger partial charge in [0.2, 0.25) is 17.9 Å². The second-order valence-corrected chi connectivity index (χ2v) is 13.3. The topological polar surface area (TPSA) is 120 Å². The van der Waals surface area contributed by atoms with Crippen molar-refractivity contribution in [3.8, 4) is 34.0 Å². The van der Waals surface area contributed by atoms with Crippen LogP contribution in [0.25, 0.3) is 22.4 Å². The summed E-state index contributed by atoms with van der Waals surface area (Å²) in [6.45, 7) is 0. The maximum Gasteiger partial charge on any atom is 0.429 e. The fourth-order valence-electron chi connectivity index (χ4n) is 4.06. The van der Waals surface area contributed by atoms with Gasteiger partial charge in [-0.2, -0.15) is 18.2 Å². The van der Waals surface area contributed by atoms with E-state index in [0.717, 1.165) is 11.1 Å². The molecule has 0 aliphatic rings. The molecule has 1 heterocycles. The third-order valence-corrected chi connectivity index (χ3v) is 8.33. The van der Waals surface area contributed by atoms with Gasteiger partial charge in [0.05, 0.1) is 12.8 Å². The third-order valence-electron chi connectivity index (χ3n) is 6.09. The van der Waals surface area contributed by atoms with Crippen LogP contribution in [0.3, 0.4) is 0 Å². The predicted molar refractivity (Wildman–Crippen MR) is 162 cm³/mol. The second-order valence-electron chi connectivity index (χ2n) is 8.94. The van der Waals surface area contributed by atoms with Gasteiger partial charge < -0.3 is 20.3 Å². The minimum Gasteiger partial charge on any atom is -0.497 e. The van der Waals surface area contributed by atoms with E-state index in [0.29, 0.717) is 32.9 Å². The number of nitrogen functional groups attached to an aromatic ring is 1. The van der Waals surface area contributed by atoms with E-state index in [2.05, 4.69) is 23.6 Å². The minimum absolute atomic E-state index is 0.114. The van der Waals surface area contributed by atoms with Crippen LogP contribution in [0.5, 0.6) is 11.6 Å². The first-order valence-electron chi connectivity index (χ1n) is 12.4. The molecule has 0 aliphatic carbocycles. The molecular weight excluding hydrogens is 606 g/mol. The highest BCUT2D eigenvalue weighted by molar-refractivity contribution is 8.36. The van der Waals surface area contributed by atoms with Crippen LogP contribution in [0.1, 0.15) is 17.2 Å². The highest BCUT2D eigenvalue weighted by Gasteiger charge is 2.43. The Bertz CT molecular complexity index is 1560. The zero-order valence-corrected chi connectivity index (χ0v) is 25.2. The molecule has 0 bridgehead atoms. The van der Waals surface area contributed by atoms with Crippen molar-refractivity contribution in [2.24, 2.45) is 4.74 Å². The van der Waals surface area contributed by atoms with Crippen LogP contribution >= 0.6 is 24.9 Å². The van der Waals surface area contributed by atoms with Crippen LogP contribution in [0, 0.1) is 0 Å². The van der Waals surface area contributed by atoms with E-state index in [9.17, 15) is 23.1 Å². The van der Waals surface area contributed by atoms with Crippen LogP contribution in [0.15, 0.2) is 83.6 Å². The summed E-state index contributed by atoms with van der Waals surface area (Å²) in [6.07, 6.45) is -6.86. The summed E-state index contributed by atoms with van der Waals surface area (Å²) in [7, 11) is 5.14. The zero-order valence-electron chi connectivity index (χ0n) is 22.1. The Labute approximate surface area is 245 Å². The highest BCUT2D eigenvalue weighted by Crippen LogP contribution is 2.39. The number of anilines is 1. The van der Waals surface area contributed by atoms with E-state index in [1.165, 1.54) is 25.3 Å². The molecule has 0 amide bonds. The Balaban J connectivity index is 1.56. The van der Waals surface area contributed by atoms with Gasteiger partial charge in [-0.25, -0.2) is 14.5 Å². The summed E-state index contributed by atoms with van der Waals surface area (Å²) in [5.74, 6) is -0.994. The van der Waals surface area contributed by atoms with Crippen molar-refractivity contribution in [3.05, 3.63) is 90.0 Å². The smallest absolute Gasteiger partial charge is 0.429 e. The molecule has 4 rings (SSSR count). The molecule has 0 aliphatic heterocycles. The Kier molecular flexibility index (Phi) is 10.4. The van der Waals surface area contributed by atoms with Gasteiger partial charge in [-0.3, -0.25) is 0 Å². The van der Waals surface area contributed by atoms with E-state index >= 15 is 0 Å². The average molecular weight is 632 g/mol. The molecule has 3 aromatic carbocycles. The summed E-state index contributed by atoms with van der Waals surface area (Å²) >= 11 is 0. The van der Waals surface area contributed by atoms with Gasteiger partial charge in [-0.05, 0) is 36.8 Å². The first-order chi connectivity index (χ1) is 20.1. The Morgan fingerprint density at radius 1 is 1.05 bits per heavy atom. The number of nitrogens with two attached hydrogens (primary N) is 1. The number of carboxylic acids is 1. The Morgan fingerprint density at radius 2 is 1.74 bits per heavy atom. The molecule has 0 fully saturated rings. The normalized spacial score (nSPS) is 13.4. The average Bonchev–Trinajstić information content (AvgIpc) is 2.97. The number of hydrogen-bond donors (Lipinski definition) is 2. The van der Waals surface area contributed by atoms with Gasteiger partial charge in [-0.15, -0.1) is 8.93 Å². The summed E-state index contributed by atoms with van der Waals surface area (Å²) < 4.78 is 57.2. The maximum atomic E-state index is 14.2. The summed E-state index contributed by atoms with van der Waals surface area (Å²) in [6, 6.07) is 20.2. The van der Waals surface area contributed by atoms with Gasteiger partial charge in [0.25, 0.3) is 0 Å². The number of hydrogen-bond acceptors (Lipinski definition) is 7. The quantitative estimate of drug-likeness (QED) is 0.164. The molecule has 0 saturated carbocycles. The molecule has 3 N–H and O–H groups in total. The van der Waals surface area contributed by atoms with Crippen molar-refractivity contribution in [1.82, 2.24) is 9.97 Å². The van der Waals surface area contributed by atoms with E-state index in [1.807, 2.05) is 6.07 Å². The molecule has 42 heavy (non-hydrogen) atoms. The second kappa shape index (κ2) is 14.0. The largest absolute Gasteiger partial charge is 0.497 e. The van der Waals surface area contributed by atoms with Gasteiger partial charge in [0.1, 0.15) is 5.75 Å². The molecule has 218 valence electrons. The number of carboxylic acid groups (broad SMARTS) is 1. The summed E-state index contributed by atoms with van der Waals surface area (Å²) in [4.78, 5) is 19.5. The van der Waals surface area contributed by atoms with E-state index in [-0.39, 0.29) is 29.5 Å². The van der Waals surface area contributed by atoms with Crippen molar-refractivity contribution >= 4 is 36.9 Å². The molecule has 0 saturated heterocycles. The van der Waals surface area contributed by atoms with Gasteiger partial charge in [0.15, 0.2) is 6.04 Å². The fraction of sp³-hybridized carbons (Fsp3) is 0.179. The highest BCUT2D eigenvalue weighted by atomic mass is 32.4. The van der Waals surface area contributed by atoms with Crippen molar-refractivity contribution in [3.63, 3.8) is 0 Å². The van der Waals surface area contributed by atoms with Crippen LogP contribution in [0.4, 0.5) is 19.1 Å². The maximum absolute atomic E-state index is 14.2. The number of alkyl halides is 3. The SMILES string of the molecule is COc1cccc(-c2ccc([C@@H](Oc3cc(-c4ccc(C[C@H](N=PPP)C(=O)O)cc4)nc(N)n3)C(F)(F)F)cc2)c1. The van der Waals surface area contributed by atoms with Crippen molar-refractivity contribution in [1.29, 1.82) is 0 Å². The van der Waals surface area contributed by atoms with Crippen molar-refractivity contribution in [2.75, 3.05) is 12.8 Å². The lowest BCUT2D eigenvalue weighted by molar-refractivity contribution is -0.198. The van der Waals surface area contributed by atoms with E-state index in [1.54, 1.807) is 54.6 Å². The molecule has 4 aromatic rings. The number of nitrogens with zero attached hydrogens (tertiary/aromatic N) is 3. The molecule has 2 unspecified atom stereocenters. The lowest BCUT2D eigenvalue weighted by atomic mass is 10.0. The van der Waals surface area contributed by atoms with Crippen LogP contribution in [-0.4, -0.2) is 40.4 Å². The van der Waals surface area contributed by atoms with Gasteiger partial charge in [0, 0.05) is 31.7 Å². The molecule has 8 nitrogen and oxygen atoms in total. The lowest BCUT2D eigenvalue weighted by Crippen LogP contribution is -2.26. The molecular formula is C28H26F3N4O4P3. The molecule has 4 atom stereocenters. The molecule has 0 radical (unpaired) electrons. The number of rotatable bonds is 11. The lowest BCUT2D eigenvalue weighted by Gasteiger charge is -2.22. The number of methoxy groups -OCH3 is 1. The molecule has 0 spiro atoms. The Morgan fingerprint density at radius 3 is 2.36 bits per heavy atom. The minimum atomic E-state index is -4.75. The van der Waals surface area contributed by atoms with Crippen molar-refractivity contribution < 1.29 is 32.5 Å². The molecule has 14 heteroatoms. The van der Waals surface area contributed by atoms with E-state index < -0.39 is 24.3 Å². The number of ether oxygens (including phenoxy) is 2. The fourth-order valence-corrected chi connectivity index (χ4v) is 5.67. The third kappa shape index (κ3) is 8.22. The monoisotopic (exact) mass is 632 g/mol. The van der Waals surface area contributed by atoms with E-state index in [4.69, 9.17) is 15.2 Å². The standard InChI is InChI=1S/C28H26F3N4O4P3/c1-38-21-4-2-3-20(14-21)17-9-11-19(12-10-17)25(28(29,30)31)39-24-15-22(33-27(32)34-24)18-7-5-16(6-8-18)13-23(26(36)37)35-41-42-40/h2-12,14-15,23,25,42H,13,40H2,1H3,(H,36,37)(H2,32,33,34)/t23-,25+/m0/s1. The first kappa shape index (κ1) is 31.3. The number of carbonyl (C=O) groups is 1. The van der Waals surface area contributed by atoms with Crippen LogP contribution in [-0.2, 0) is 11.2 Å². The van der Waals surface area contributed by atoms with Crippen molar-refractivity contribution in [2.45, 2.75) is 24.7 Å². The predicted octanol–water partition coefficient (Wildman–Crippen LogP) is 7.59. The number of halogens is 3.